The van der Waals surface area contributed by atoms with Gasteiger partial charge in [-0.3, -0.25) is 4.79 Å². The minimum atomic E-state index is -0.459. The molecule has 1 aromatic carbocycles. The van der Waals surface area contributed by atoms with Gasteiger partial charge in [-0.15, -0.1) is 24.8 Å². The van der Waals surface area contributed by atoms with Gasteiger partial charge in [0.15, 0.2) is 0 Å². The first-order valence-electron chi connectivity index (χ1n) is 8.16. The normalized spacial score (nSPS) is 10.5. The SMILES string of the molecule is CCC(CC)(CN)C(=O)NCc1ccccc1Cn1ccnc1.Cl.Cl. The predicted octanol–water partition coefficient (Wildman–Crippen LogP) is 3.16. The van der Waals surface area contributed by atoms with Crippen molar-refractivity contribution < 1.29 is 4.79 Å². The first-order chi connectivity index (χ1) is 11.1. The van der Waals surface area contributed by atoms with E-state index in [9.17, 15) is 4.79 Å². The van der Waals surface area contributed by atoms with Crippen LogP contribution in [0.2, 0.25) is 0 Å². The van der Waals surface area contributed by atoms with Crippen LogP contribution >= 0.6 is 24.8 Å². The van der Waals surface area contributed by atoms with Crippen molar-refractivity contribution in [1.29, 1.82) is 0 Å². The molecule has 2 rings (SSSR count). The molecule has 0 atom stereocenters. The number of aromatic nitrogens is 2. The average Bonchev–Trinajstić information content (AvgIpc) is 3.09. The van der Waals surface area contributed by atoms with Crippen LogP contribution in [0.1, 0.15) is 37.8 Å². The molecule has 0 aliphatic heterocycles. The van der Waals surface area contributed by atoms with Gasteiger partial charge in [0, 0.05) is 32.0 Å². The Balaban J connectivity index is 0.00000288. The van der Waals surface area contributed by atoms with Crippen LogP contribution in [-0.2, 0) is 17.9 Å². The van der Waals surface area contributed by atoms with E-state index in [2.05, 4.69) is 22.4 Å². The van der Waals surface area contributed by atoms with E-state index in [1.807, 2.05) is 36.7 Å². The number of halogens is 2. The van der Waals surface area contributed by atoms with Gasteiger partial charge in [0.05, 0.1) is 11.7 Å². The molecule has 0 saturated heterocycles. The fraction of sp³-hybridized carbons (Fsp3) is 0.444. The molecule has 1 heterocycles. The van der Waals surface area contributed by atoms with Crippen LogP contribution in [0.5, 0.6) is 0 Å². The van der Waals surface area contributed by atoms with Crippen molar-refractivity contribution in [3.63, 3.8) is 0 Å². The minimum absolute atomic E-state index is 0. The van der Waals surface area contributed by atoms with Crippen LogP contribution in [0, 0.1) is 5.41 Å². The zero-order valence-electron chi connectivity index (χ0n) is 14.8. The zero-order chi connectivity index (χ0) is 16.7. The van der Waals surface area contributed by atoms with E-state index in [4.69, 9.17) is 5.73 Å². The quantitative estimate of drug-likeness (QED) is 0.731. The van der Waals surface area contributed by atoms with Crippen LogP contribution < -0.4 is 11.1 Å². The maximum absolute atomic E-state index is 12.6. The lowest BCUT2D eigenvalue weighted by atomic mass is 9.81. The second kappa shape index (κ2) is 11.1. The summed E-state index contributed by atoms with van der Waals surface area (Å²) in [5, 5.41) is 3.07. The lowest BCUT2D eigenvalue weighted by Crippen LogP contribution is -2.45. The second-order valence-electron chi connectivity index (χ2n) is 5.88. The van der Waals surface area contributed by atoms with Crippen LogP contribution in [0.4, 0.5) is 0 Å². The summed E-state index contributed by atoms with van der Waals surface area (Å²) in [5.74, 6) is 0.0439. The Morgan fingerprint density at radius 3 is 2.36 bits per heavy atom. The van der Waals surface area contributed by atoms with Gasteiger partial charge in [0.2, 0.25) is 5.91 Å². The van der Waals surface area contributed by atoms with Crippen LogP contribution in [0.3, 0.4) is 0 Å². The summed E-state index contributed by atoms with van der Waals surface area (Å²) in [6.07, 6.45) is 7.00. The van der Waals surface area contributed by atoms with E-state index in [0.717, 1.165) is 24.9 Å². The van der Waals surface area contributed by atoms with Gasteiger partial charge >= 0.3 is 0 Å². The predicted molar refractivity (Wildman–Crippen MR) is 106 cm³/mol. The molecule has 0 aliphatic carbocycles. The van der Waals surface area contributed by atoms with Crippen molar-refractivity contribution in [2.45, 2.75) is 39.8 Å². The van der Waals surface area contributed by atoms with Gasteiger partial charge in [-0.1, -0.05) is 38.1 Å². The number of benzene rings is 1. The molecule has 0 aliphatic rings. The highest BCUT2D eigenvalue weighted by Crippen LogP contribution is 2.25. The molecule has 0 bridgehead atoms. The Morgan fingerprint density at radius 1 is 1.20 bits per heavy atom. The number of nitrogens with two attached hydrogens (primary N) is 1. The molecule has 0 saturated carbocycles. The summed E-state index contributed by atoms with van der Waals surface area (Å²) in [6, 6.07) is 8.14. The molecule has 140 valence electrons. The smallest absolute Gasteiger partial charge is 0.227 e. The number of carbonyl (C=O) groups is 1. The minimum Gasteiger partial charge on any atom is -0.351 e. The molecule has 2 aromatic rings. The monoisotopic (exact) mass is 386 g/mol. The summed E-state index contributed by atoms with van der Waals surface area (Å²) in [4.78, 5) is 16.6. The zero-order valence-corrected chi connectivity index (χ0v) is 16.4. The third-order valence-corrected chi connectivity index (χ3v) is 4.70. The van der Waals surface area contributed by atoms with E-state index < -0.39 is 5.41 Å². The van der Waals surface area contributed by atoms with E-state index in [0.29, 0.717) is 13.1 Å². The summed E-state index contributed by atoms with van der Waals surface area (Å²) in [6.45, 7) is 5.68. The Morgan fingerprint density at radius 2 is 1.84 bits per heavy atom. The summed E-state index contributed by atoms with van der Waals surface area (Å²) in [5.41, 5.74) is 7.68. The number of nitrogens with zero attached hydrogens (tertiary/aromatic N) is 2. The fourth-order valence-corrected chi connectivity index (χ4v) is 2.78. The van der Waals surface area contributed by atoms with Gasteiger partial charge < -0.3 is 15.6 Å². The van der Waals surface area contributed by atoms with Crippen molar-refractivity contribution in [2.75, 3.05) is 6.54 Å². The number of hydrogen-bond donors (Lipinski definition) is 2. The molecule has 1 aromatic heterocycles. The van der Waals surface area contributed by atoms with Gasteiger partial charge in [-0.25, -0.2) is 4.98 Å². The molecule has 0 radical (unpaired) electrons. The first-order valence-corrected chi connectivity index (χ1v) is 8.16. The molecule has 0 fully saturated rings. The molecule has 1 amide bonds. The number of hydrogen-bond acceptors (Lipinski definition) is 3. The second-order valence-corrected chi connectivity index (χ2v) is 5.88. The molecule has 5 nitrogen and oxygen atoms in total. The van der Waals surface area contributed by atoms with Gasteiger partial charge in [0.1, 0.15) is 0 Å². The van der Waals surface area contributed by atoms with Gasteiger partial charge in [-0.2, -0.15) is 0 Å². The van der Waals surface area contributed by atoms with E-state index in [1.54, 1.807) is 12.5 Å². The highest BCUT2D eigenvalue weighted by Gasteiger charge is 2.32. The van der Waals surface area contributed by atoms with E-state index in [-0.39, 0.29) is 30.7 Å². The summed E-state index contributed by atoms with van der Waals surface area (Å²) >= 11 is 0. The number of rotatable bonds is 8. The van der Waals surface area contributed by atoms with Crippen LogP contribution in [0.25, 0.3) is 0 Å². The molecule has 25 heavy (non-hydrogen) atoms. The number of imidazole rings is 1. The maximum atomic E-state index is 12.6. The number of carbonyl (C=O) groups excluding carboxylic acids is 1. The van der Waals surface area contributed by atoms with Crippen LogP contribution in [0.15, 0.2) is 43.0 Å². The third-order valence-electron chi connectivity index (χ3n) is 4.70. The Hall–Kier alpha value is -1.56. The number of amides is 1. The lowest BCUT2D eigenvalue weighted by Gasteiger charge is -2.28. The van der Waals surface area contributed by atoms with E-state index in [1.165, 1.54) is 5.56 Å². The Labute approximate surface area is 162 Å². The van der Waals surface area contributed by atoms with Crippen LogP contribution in [-0.4, -0.2) is 22.0 Å². The fourth-order valence-electron chi connectivity index (χ4n) is 2.78. The molecule has 3 N–H and O–H groups in total. The highest BCUT2D eigenvalue weighted by atomic mass is 35.5. The molecule has 7 heteroatoms. The van der Waals surface area contributed by atoms with Gasteiger partial charge in [-0.05, 0) is 24.0 Å². The van der Waals surface area contributed by atoms with Gasteiger partial charge in [0.25, 0.3) is 0 Å². The van der Waals surface area contributed by atoms with Crippen molar-refractivity contribution in [2.24, 2.45) is 11.1 Å². The van der Waals surface area contributed by atoms with E-state index >= 15 is 0 Å². The lowest BCUT2D eigenvalue weighted by molar-refractivity contribution is -0.131. The average molecular weight is 387 g/mol. The largest absolute Gasteiger partial charge is 0.351 e. The summed E-state index contributed by atoms with van der Waals surface area (Å²) < 4.78 is 2.02. The van der Waals surface area contributed by atoms with Crippen molar-refractivity contribution >= 4 is 30.7 Å². The number of nitrogens with one attached hydrogen (secondary N) is 1. The Kier molecular flexibility index (Phi) is 10.4. The standard InChI is InChI=1S/C18H26N4O.2ClH/c1-3-18(4-2,13-19)17(23)21-11-15-7-5-6-8-16(15)12-22-10-9-20-14-22;;/h5-10,14H,3-4,11-13,19H2,1-2H3,(H,21,23);2*1H. The molecule has 0 spiro atoms. The maximum Gasteiger partial charge on any atom is 0.227 e. The third kappa shape index (κ3) is 5.73. The van der Waals surface area contributed by atoms with Crippen molar-refractivity contribution in [1.82, 2.24) is 14.9 Å². The molecular formula is C18H28Cl2N4O. The molecular weight excluding hydrogens is 359 g/mol. The first kappa shape index (κ1) is 23.4. The molecule has 0 unspecified atom stereocenters. The topological polar surface area (TPSA) is 72.9 Å². The van der Waals surface area contributed by atoms with Crippen molar-refractivity contribution in [3.8, 4) is 0 Å². The van der Waals surface area contributed by atoms with Crippen molar-refractivity contribution in [3.05, 3.63) is 54.1 Å². The highest BCUT2D eigenvalue weighted by molar-refractivity contribution is 5.85. The Bertz CT molecular complexity index is 620. The summed E-state index contributed by atoms with van der Waals surface area (Å²) in [7, 11) is 0.